The van der Waals surface area contributed by atoms with Crippen LogP contribution in [0.1, 0.15) is 33.3 Å². The topological polar surface area (TPSA) is 73.2 Å². The number of para-hydroxylation sites is 1. The lowest BCUT2D eigenvalue weighted by atomic mass is 10.2. The lowest BCUT2D eigenvalue weighted by molar-refractivity contribution is -0.143. The molecule has 0 aliphatic heterocycles. The molecule has 0 saturated heterocycles. The van der Waals surface area contributed by atoms with E-state index >= 15 is 0 Å². The van der Waals surface area contributed by atoms with Gasteiger partial charge in [-0.15, -0.1) is 0 Å². The molecule has 0 saturated carbocycles. The highest BCUT2D eigenvalue weighted by Crippen LogP contribution is 2.34. The standard InChI is InChI=1S/C20H16F3N3O3/c1-2-29-19(28)13-8-10-14(11-9-13)25-18(27)16-12-24-26(17(16)20(21,22)23)15-6-4-3-5-7-15/h3-12H,2H2,1H3,(H,25,27). The Morgan fingerprint density at radius 3 is 2.31 bits per heavy atom. The summed E-state index contributed by atoms with van der Waals surface area (Å²) in [6.45, 7) is 1.88. The van der Waals surface area contributed by atoms with Gasteiger partial charge in [-0.2, -0.15) is 18.3 Å². The highest BCUT2D eigenvalue weighted by Gasteiger charge is 2.40. The van der Waals surface area contributed by atoms with Gasteiger partial charge in [0.2, 0.25) is 0 Å². The van der Waals surface area contributed by atoms with Gasteiger partial charge in [-0.25, -0.2) is 9.48 Å². The van der Waals surface area contributed by atoms with E-state index in [0.717, 1.165) is 6.20 Å². The first-order valence-electron chi connectivity index (χ1n) is 8.60. The third-order valence-corrected chi connectivity index (χ3v) is 3.94. The van der Waals surface area contributed by atoms with Gasteiger partial charge in [0.25, 0.3) is 5.91 Å². The van der Waals surface area contributed by atoms with Crippen LogP contribution in [0.4, 0.5) is 18.9 Å². The number of rotatable bonds is 5. The molecule has 1 N–H and O–H groups in total. The smallest absolute Gasteiger partial charge is 0.434 e. The summed E-state index contributed by atoms with van der Waals surface area (Å²) in [6, 6.07) is 13.3. The maximum atomic E-state index is 13.6. The lowest BCUT2D eigenvalue weighted by Gasteiger charge is -2.13. The Hall–Kier alpha value is -3.62. The number of nitrogens with one attached hydrogen (secondary N) is 1. The van der Waals surface area contributed by atoms with Crippen molar-refractivity contribution in [2.24, 2.45) is 0 Å². The summed E-state index contributed by atoms with van der Waals surface area (Å²) >= 11 is 0. The number of nitrogens with zero attached hydrogens (tertiary/aromatic N) is 2. The van der Waals surface area contributed by atoms with Crippen molar-refractivity contribution in [3.8, 4) is 5.69 Å². The molecule has 3 aromatic rings. The van der Waals surface area contributed by atoms with Crippen molar-refractivity contribution in [1.82, 2.24) is 9.78 Å². The fourth-order valence-corrected chi connectivity index (χ4v) is 2.65. The Balaban J connectivity index is 1.88. The van der Waals surface area contributed by atoms with Crippen LogP contribution in [0, 0.1) is 0 Å². The number of benzene rings is 2. The minimum absolute atomic E-state index is 0.178. The van der Waals surface area contributed by atoms with Crippen LogP contribution < -0.4 is 5.32 Å². The van der Waals surface area contributed by atoms with Gasteiger partial charge in [-0.3, -0.25) is 4.79 Å². The average Bonchev–Trinajstić information content (AvgIpc) is 3.15. The summed E-state index contributed by atoms with van der Waals surface area (Å²) < 4.78 is 46.5. The molecule has 3 rings (SSSR count). The van der Waals surface area contributed by atoms with Gasteiger partial charge in [0, 0.05) is 5.69 Å². The fourth-order valence-electron chi connectivity index (χ4n) is 2.65. The molecule has 9 heteroatoms. The minimum Gasteiger partial charge on any atom is -0.462 e. The van der Waals surface area contributed by atoms with Gasteiger partial charge in [-0.1, -0.05) is 18.2 Å². The molecule has 6 nitrogen and oxygen atoms in total. The number of esters is 1. The van der Waals surface area contributed by atoms with Crippen molar-refractivity contribution in [2.75, 3.05) is 11.9 Å². The summed E-state index contributed by atoms with van der Waals surface area (Å²) in [4.78, 5) is 24.1. The molecule has 0 radical (unpaired) electrons. The van der Waals surface area contributed by atoms with Crippen molar-refractivity contribution in [1.29, 1.82) is 0 Å². The highest BCUT2D eigenvalue weighted by atomic mass is 19.4. The van der Waals surface area contributed by atoms with Gasteiger partial charge < -0.3 is 10.1 Å². The molecular formula is C20H16F3N3O3. The highest BCUT2D eigenvalue weighted by molar-refractivity contribution is 6.05. The summed E-state index contributed by atoms with van der Waals surface area (Å²) in [6.07, 6.45) is -3.93. The number of hydrogen-bond acceptors (Lipinski definition) is 4. The predicted molar refractivity (Wildman–Crippen MR) is 98.9 cm³/mol. The summed E-state index contributed by atoms with van der Waals surface area (Å²) in [5, 5.41) is 6.14. The Bertz CT molecular complexity index is 1010. The van der Waals surface area contributed by atoms with Crippen LogP contribution in [0.25, 0.3) is 5.69 Å². The van der Waals surface area contributed by atoms with Crippen LogP contribution in [0.15, 0.2) is 60.8 Å². The summed E-state index contributed by atoms with van der Waals surface area (Å²) in [5.41, 5.74) is -1.13. The Morgan fingerprint density at radius 2 is 1.72 bits per heavy atom. The number of carbonyl (C=O) groups is 2. The molecule has 0 spiro atoms. The SMILES string of the molecule is CCOC(=O)c1ccc(NC(=O)c2cnn(-c3ccccc3)c2C(F)(F)F)cc1. The van der Waals surface area contributed by atoms with Crippen molar-refractivity contribution in [3.05, 3.63) is 77.6 Å². The van der Waals surface area contributed by atoms with Crippen molar-refractivity contribution < 1.29 is 27.5 Å². The Kier molecular flexibility index (Phi) is 5.67. The van der Waals surface area contributed by atoms with Gasteiger partial charge in [0.15, 0.2) is 5.69 Å². The maximum Gasteiger partial charge on any atom is 0.434 e. The number of amides is 1. The largest absolute Gasteiger partial charge is 0.462 e. The zero-order chi connectivity index (χ0) is 21.0. The molecule has 0 aliphatic rings. The monoisotopic (exact) mass is 403 g/mol. The number of halogens is 3. The Morgan fingerprint density at radius 1 is 1.07 bits per heavy atom. The van der Waals surface area contributed by atoms with Crippen LogP contribution in [0.5, 0.6) is 0 Å². The van der Waals surface area contributed by atoms with Crippen LogP contribution in [-0.2, 0) is 10.9 Å². The maximum absolute atomic E-state index is 13.6. The average molecular weight is 403 g/mol. The second-order valence-corrected chi connectivity index (χ2v) is 5.90. The van der Waals surface area contributed by atoms with Crippen molar-refractivity contribution >= 4 is 17.6 Å². The fraction of sp³-hybridized carbons (Fsp3) is 0.150. The molecule has 0 fully saturated rings. The molecule has 1 heterocycles. The number of alkyl halides is 3. The Labute approximate surface area is 163 Å². The first-order chi connectivity index (χ1) is 13.8. The quantitative estimate of drug-likeness (QED) is 0.644. The van der Waals surface area contributed by atoms with Crippen LogP contribution >= 0.6 is 0 Å². The van der Waals surface area contributed by atoms with Gasteiger partial charge in [-0.05, 0) is 43.3 Å². The first kappa shape index (κ1) is 20.1. The van der Waals surface area contributed by atoms with E-state index in [-0.39, 0.29) is 23.5 Å². The van der Waals surface area contributed by atoms with E-state index in [9.17, 15) is 22.8 Å². The molecule has 0 atom stereocenters. The molecule has 0 aliphatic carbocycles. The van der Waals surface area contributed by atoms with Crippen LogP contribution in [-0.4, -0.2) is 28.3 Å². The van der Waals surface area contributed by atoms with Crippen LogP contribution in [0.3, 0.4) is 0 Å². The predicted octanol–water partition coefficient (Wildman–Crippen LogP) is 4.32. The van der Waals surface area contributed by atoms with E-state index in [1.807, 2.05) is 0 Å². The number of hydrogen-bond donors (Lipinski definition) is 1. The van der Waals surface area contributed by atoms with E-state index in [0.29, 0.717) is 4.68 Å². The lowest BCUT2D eigenvalue weighted by Crippen LogP contribution is -2.20. The summed E-state index contributed by atoms with van der Waals surface area (Å²) in [7, 11) is 0. The van der Waals surface area contributed by atoms with E-state index in [2.05, 4.69) is 10.4 Å². The van der Waals surface area contributed by atoms with Crippen molar-refractivity contribution in [3.63, 3.8) is 0 Å². The number of aromatic nitrogens is 2. The molecule has 150 valence electrons. The molecule has 0 bridgehead atoms. The van der Waals surface area contributed by atoms with Gasteiger partial charge in [0.05, 0.1) is 29.6 Å². The molecule has 1 aromatic heterocycles. The molecular weight excluding hydrogens is 387 g/mol. The first-order valence-corrected chi connectivity index (χ1v) is 8.60. The molecule has 2 aromatic carbocycles. The van der Waals surface area contributed by atoms with Gasteiger partial charge in [0.1, 0.15) is 0 Å². The van der Waals surface area contributed by atoms with E-state index < -0.39 is 29.3 Å². The van der Waals surface area contributed by atoms with Crippen LogP contribution in [0.2, 0.25) is 0 Å². The van der Waals surface area contributed by atoms with Crippen molar-refractivity contribution in [2.45, 2.75) is 13.1 Å². The zero-order valence-electron chi connectivity index (χ0n) is 15.2. The zero-order valence-corrected chi connectivity index (χ0v) is 15.2. The van der Waals surface area contributed by atoms with E-state index in [4.69, 9.17) is 4.74 Å². The number of ether oxygens (including phenoxy) is 1. The molecule has 29 heavy (non-hydrogen) atoms. The third kappa shape index (κ3) is 4.45. The summed E-state index contributed by atoms with van der Waals surface area (Å²) in [5.74, 6) is -1.50. The normalized spacial score (nSPS) is 11.2. The molecule has 1 amide bonds. The second kappa shape index (κ2) is 8.17. The minimum atomic E-state index is -4.80. The van der Waals surface area contributed by atoms with E-state index in [1.54, 1.807) is 25.1 Å². The number of anilines is 1. The van der Waals surface area contributed by atoms with E-state index in [1.165, 1.54) is 36.4 Å². The molecule has 0 unspecified atom stereocenters. The third-order valence-electron chi connectivity index (χ3n) is 3.94. The van der Waals surface area contributed by atoms with Gasteiger partial charge >= 0.3 is 12.1 Å². The second-order valence-electron chi connectivity index (χ2n) is 5.90. The number of carbonyl (C=O) groups excluding carboxylic acids is 2.